The van der Waals surface area contributed by atoms with Crippen LogP contribution in [0.1, 0.15) is 18.4 Å². The number of carbonyl (C=O) groups excluding carboxylic acids is 1. The summed E-state index contributed by atoms with van der Waals surface area (Å²) in [5, 5.41) is 0. The molecule has 5 heteroatoms. The molecule has 0 fully saturated rings. The monoisotopic (exact) mass is 281 g/mol. The SMILES string of the molecule is CN(CCC(=O)N(C)CCCN)Cc1cccc(F)c1. The third kappa shape index (κ3) is 6.12. The Morgan fingerprint density at radius 3 is 2.70 bits per heavy atom. The van der Waals surface area contributed by atoms with Gasteiger partial charge < -0.3 is 15.5 Å². The summed E-state index contributed by atoms with van der Waals surface area (Å²) in [5.41, 5.74) is 6.33. The Labute approximate surface area is 120 Å². The van der Waals surface area contributed by atoms with Gasteiger partial charge >= 0.3 is 0 Å². The maximum absolute atomic E-state index is 13.1. The van der Waals surface area contributed by atoms with Gasteiger partial charge in [0.1, 0.15) is 5.82 Å². The first-order chi connectivity index (χ1) is 9.52. The van der Waals surface area contributed by atoms with Crippen LogP contribution >= 0.6 is 0 Å². The Balaban J connectivity index is 2.32. The van der Waals surface area contributed by atoms with Gasteiger partial charge in [-0.1, -0.05) is 12.1 Å². The van der Waals surface area contributed by atoms with E-state index in [9.17, 15) is 9.18 Å². The number of halogens is 1. The van der Waals surface area contributed by atoms with Gasteiger partial charge in [0.2, 0.25) is 5.91 Å². The van der Waals surface area contributed by atoms with E-state index in [4.69, 9.17) is 5.73 Å². The summed E-state index contributed by atoms with van der Waals surface area (Å²) < 4.78 is 13.1. The number of benzene rings is 1. The second-order valence-electron chi connectivity index (χ2n) is 5.08. The van der Waals surface area contributed by atoms with Crippen LogP contribution in [0.25, 0.3) is 0 Å². The smallest absolute Gasteiger partial charge is 0.223 e. The molecule has 20 heavy (non-hydrogen) atoms. The van der Waals surface area contributed by atoms with Crippen LogP contribution in [0.4, 0.5) is 4.39 Å². The highest BCUT2D eigenvalue weighted by Gasteiger charge is 2.09. The molecule has 2 N–H and O–H groups in total. The lowest BCUT2D eigenvalue weighted by molar-refractivity contribution is -0.130. The zero-order chi connectivity index (χ0) is 15.0. The molecule has 1 rings (SSSR count). The molecule has 0 atom stereocenters. The summed E-state index contributed by atoms with van der Waals surface area (Å²) in [4.78, 5) is 15.6. The average Bonchev–Trinajstić information content (AvgIpc) is 2.42. The van der Waals surface area contributed by atoms with Crippen molar-refractivity contribution in [3.63, 3.8) is 0 Å². The first-order valence-electron chi connectivity index (χ1n) is 6.90. The molecule has 0 saturated carbocycles. The van der Waals surface area contributed by atoms with Crippen molar-refractivity contribution in [2.24, 2.45) is 5.73 Å². The Bertz CT molecular complexity index is 425. The van der Waals surface area contributed by atoms with E-state index >= 15 is 0 Å². The molecular formula is C15H24FN3O. The van der Waals surface area contributed by atoms with Crippen molar-refractivity contribution in [3.8, 4) is 0 Å². The molecule has 0 saturated heterocycles. The lowest BCUT2D eigenvalue weighted by Gasteiger charge is -2.20. The van der Waals surface area contributed by atoms with E-state index in [0.29, 0.717) is 32.6 Å². The van der Waals surface area contributed by atoms with Crippen molar-refractivity contribution < 1.29 is 9.18 Å². The molecule has 0 aliphatic rings. The number of nitrogens with zero attached hydrogens (tertiary/aromatic N) is 2. The van der Waals surface area contributed by atoms with Crippen molar-refractivity contribution >= 4 is 5.91 Å². The summed E-state index contributed by atoms with van der Waals surface area (Å²) in [6.07, 6.45) is 1.29. The molecule has 1 aromatic rings. The summed E-state index contributed by atoms with van der Waals surface area (Å²) in [6.45, 7) is 2.58. The maximum atomic E-state index is 13.1. The third-order valence-corrected chi connectivity index (χ3v) is 3.17. The zero-order valence-corrected chi connectivity index (χ0v) is 12.3. The van der Waals surface area contributed by atoms with Crippen LogP contribution in [0.3, 0.4) is 0 Å². The number of amides is 1. The van der Waals surface area contributed by atoms with Crippen molar-refractivity contribution in [1.29, 1.82) is 0 Å². The fourth-order valence-corrected chi connectivity index (χ4v) is 1.96. The largest absolute Gasteiger partial charge is 0.346 e. The Hall–Kier alpha value is -1.46. The van der Waals surface area contributed by atoms with E-state index < -0.39 is 0 Å². The van der Waals surface area contributed by atoms with E-state index in [-0.39, 0.29) is 11.7 Å². The summed E-state index contributed by atoms with van der Waals surface area (Å²) in [7, 11) is 3.72. The molecule has 0 unspecified atom stereocenters. The summed E-state index contributed by atoms with van der Waals surface area (Å²) in [5.74, 6) is -0.113. The van der Waals surface area contributed by atoms with Crippen molar-refractivity contribution in [3.05, 3.63) is 35.6 Å². The van der Waals surface area contributed by atoms with E-state index in [2.05, 4.69) is 0 Å². The molecule has 0 aliphatic heterocycles. The topological polar surface area (TPSA) is 49.6 Å². The first kappa shape index (κ1) is 16.6. The second-order valence-corrected chi connectivity index (χ2v) is 5.08. The molecule has 112 valence electrons. The Morgan fingerprint density at radius 2 is 2.05 bits per heavy atom. The molecule has 0 radical (unpaired) electrons. The molecular weight excluding hydrogens is 257 g/mol. The highest BCUT2D eigenvalue weighted by Crippen LogP contribution is 2.06. The summed E-state index contributed by atoms with van der Waals surface area (Å²) in [6, 6.07) is 6.53. The van der Waals surface area contributed by atoms with Gasteiger partial charge in [0.25, 0.3) is 0 Å². The number of rotatable bonds is 8. The van der Waals surface area contributed by atoms with Crippen LogP contribution < -0.4 is 5.73 Å². The van der Waals surface area contributed by atoms with E-state index in [0.717, 1.165) is 12.0 Å². The van der Waals surface area contributed by atoms with Crippen LogP contribution in [-0.2, 0) is 11.3 Å². The van der Waals surface area contributed by atoms with Crippen LogP contribution in [0.15, 0.2) is 24.3 Å². The minimum absolute atomic E-state index is 0.115. The van der Waals surface area contributed by atoms with Gasteiger partial charge in [-0.3, -0.25) is 4.79 Å². The molecule has 1 amide bonds. The van der Waals surface area contributed by atoms with Crippen LogP contribution in [0.2, 0.25) is 0 Å². The average molecular weight is 281 g/mol. The van der Waals surface area contributed by atoms with E-state index in [1.807, 2.05) is 18.0 Å². The molecule has 4 nitrogen and oxygen atoms in total. The van der Waals surface area contributed by atoms with Crippen molar-refractivity contribution in [2.45, 2.75) is 19.4 Å². The lowest BCUT2D eigenvalue weighted by atomic mass is 10.2. The molecule has 0 aromatic heterocycles. The van der Waals surface area contributed by atoms with Gasteiger partial charge in [-0.25, -0.2) is 4.39 Å². The molecule has 0 heterocycles. The number of hydrogen-bond acceptors (Lipinski definition) is 3. The molecule has 1 aromatic carbocycles. The van der Waals surface area contributed by atoms with Gasteiger partial charge in [0.15, 0.2) is 0 Å². The number of hydrogen-bond donors (Lipinski definition) is 1. The van der Waals surface area contributed by atoms with Gasteiger partial charge in [-0.2, -0.15) is 0 Å². The van der Waals surface area contributed by atoms with E-state index in [1.54, 1.807) is 18.0 Å². The molecule has 0 bridgehead atoms. The standard InChI is InChI=1S/C15H24FN3O/c1-18(12-13-5-3-6-14(16)11-13)10-7-15(20)19(2)9-4-8-17/h3,5-6,11H,4,7-10,12,17H2,1-2H3. The fourth-order valence-electron chi connectivity index (χ4n) is 1.96. The fraction of sp³-hybridized carbons (Fsp3) is 0.533. The van der Waals surface area contributed by atoms with Crippen LogP contribution in [-0.4, -0.2) is 49.4 Å². The predicted octanol–water partition coefficient (Wildman–Crippen LogP) is 1.45. The van der Waals surface area contributed by atoms with Crippen LogP contribution in [0.5, 0.6) is 0 Å². The van der Waals surface area contributed by atoms with Crippen molar-refractivity contribution in [1.82, 2.24) is 9.80 Å². The van der Waals surface area contributed by atoms with Gasteiger partial charge in [-0.15, -0.1) is 0 Å². The number of nitrogens with two attached hydrogens (primary N) is 1. The van der Waals surface area contributed by atoms with Gasteiger partial charge in [-0.05, 0) is 37.7 Å². The zero-order valence-electron chi connectivity index (χ0n) is 12.3. The van der Waals surface area contributed by atoms with Crippen LogP contribution in [0, 0.1) is 5.82 Å². The summed E-state index contributed by atoms with van der Waals surface area (Å²) >= 11 is 0. The Kier molecular flexibility index (Phi) is 7.18. The van der Waals surface area contributed by atoms with E-state index in [1.165, 1.54) is 12.1 Å². The lowest BCUT2D eigenvalue weighted by Crippen LogP contribution is -2.32. The van der Waals surface area contributed by atoms with Gasteiger partial charge in [0.05, 0.1) is 0 Å². The molecule has 0 aliphatic carbocycles. The second kappa shape index (κ2) is 8.66. The number of carbonyl (C=O) groups is 1. The Morgan fingerprint density at radius 1 is 1.30 bits per heavy atom. The third-order valence-electron chi connectivity index (χ3n) is 3.17. The molecule has 0 spiro atoms. The highest BCUT2D eigenvalue weighted by atomic mass is 19.1. The first-order valence-corrected chi connectivity index (χ1v) is 6.90. The van der Waals surface area contributed by atoms with Crippen molar-refractivity contribution in [2.75, 3.05) is 33.7 Å². The highest BCUT2D eigenvalue weighted by molar-refractivity contribution is 5.76. The van der Waals surface area contributed by atoms with Gasteiger partial charge in [0, 0.05) is 33.1 Å². The maximum Gasteiger partial charge on any atom is 0.223 e. The predicted molar refractivity (Wildman–Crippen MR) is 78.7 cm³/mol. The minimum atomic E-state index is -0.228. The minimum Gasteiger partial charge on any atom is -0.346 e. The normalized spacial score (nSPS) is 10.8. The quantitative estimate of drug-likeness (QED) is 0.785.